The molecule has 96 valence electrons. The fraction of sp³-hybridized carbons (Fsp3) is 0.200. The summed E-state index contributed by atoms with van der Waals surface area (Å²) in [6.45, 7) is -0.869. The van der Waals surface area contributed by atoms with Crippen LogP contribution in [0.1, 0.15) is 5.56 Å². The summed E-state index contributed by atoms with van der Waals surface area (Å²) in [4.78, 5) is 10.4. The van der Waals surface area contributed by atoms with Crippen molar-refractivity contribution in [1.82, 2.24) is 4.72 Å². The zero-order valence-corrected chi connectivity index (χ0v) is 9.88. The Kier molecular flexibility index (Phi) is 4.38. The topological polar surface area (TPSA) is 127 Å². The van der Waals surface area contributed by atoms with Crippen LogP contribution in [0.3, 0.4) is 0 Å². The molecular weight excluding hydrogens is 260 g/mol. The molecule has 0 radical (unpaired) electrons. The van der Waals surface area contributed by atoms with E-state index in [-0.39, 0.29) is 10.5 Å². The van der Waals surface area contributed by atoms with E-state index >= 15 is 0 Å². The second kappa shape index (κ2) is 5.59. The monoisotopic (exact) mass is 270 g/mol. The molecule has 0 aromatic heterocycles. The quantitative estimate of drug-likeness (QED) is 0.648. The lowest BCUT2D eigenvalue weighted by molar-refractivity contribution is -0.139. The molecule has 1 aromatic carbocycles. The molecule has 7 nitrogen and oxygen atoms in total. The lowest BCUT2D eigenvalue weighted by atomic mass is 10.2. The number of hydrogen-bond donors (Lipinski definition) is 3. The van der Waals surface area contributed by atoms with E-state index in [4.69, 9.17) is 15.5 Å². The summed E-state index contributed by atoms with van der Waals surface area (Å²) < 4.78 is 25.4. The van der Waals surface area contributed by atoms with Crippen molar-refractivity contribution in [2.45, 2.75) is 10.9 Å². The second-order valence-corrected chi connectivity index (χ2v) is 5.05. The van der Waals surface area contributed by atoms with E-state index in [2.05, 4.69) is 0 Å². The zero-order chi connectivity index (χ0) is 13.8. The molecule has 18 heavy (non-hydrogen) atoms. The Morgan fingerprint density at radius 3 is 2.67 bits per heavy atom. The van der Waals surface area contributed by atoms with E-state index in [0.29, 0.717) is 0 Å². The number of carboxylic acid groups (broad SMARTS) is 1. The predicted octanol–water partition coefficient (Wildman–Crippen LogP) is -0.718. The zero-order valence-electron chi connectivity index (χ0n) is 9.07. The maximum atomic E-state index is 11.8. The van der Waals surface area contributed by atoms with E-state index in [1.54, 1.807) is 6.07 Å². The average molecular weight is 270 g/mol. The minimum absolute atomic E-state index is 0.133. The maximum absolute atomic E-state index is 11.8. The van der Waals surface area contributed by atoms with Crippen LogP contribution in [0.15, 0.2) is 29.2 Å². The number of hydrogen-bond acceptors (Lipinski definition) is 5. The van der Waals surface area contributed by atoms with Crippen LogP contribution in [-0.2, 0) is 14.8 Å². The summed E-state index contributed by atoms with van der Waals surface area (Å²) in [6, 6.07) is 5.26. The molecule has 0 aliphatic rings. The highest BCUT2D eigenvalue weighted by atomic mass is 32.2. The molecule has 0 fully saturated rings. The molecule has 0 saturated carbocycles. The van der Waals surface area contributed by atoms with Gasteiger partial charge in [-0.2, -0.15) is 9.98 Å². The van der Waals surface area contributed by atoms with Crippen molar-refractivity contribution in [1.29, 1.82) is 5.26 Å². The van der Waals surface area contributed by atoms with Crippen LogP contribution < -0.4 is 4.72 Å². The van der Waals surface area contributed by atoms with Crippen LogP contribution in [0.4, 0.5) is 0 Å². The normalized spacial score (nSPS) is 12.7. The highest BCUT2D eigenvalue weighted by molar-refractivity contribution is 7.89. The van der Waals surface area contributed by atoms with Gasteiger partial charge >= 0.3 is 5.97 Å². The number of aliphatic hydroxyl groups excluding tert-OH is 1. The molecule has 1 aromatic rings. The van der Waals surface area contributed by atoms with E-state index in [9.17, 15) is 13.2 Å². The standard InChI is InChI=1S/C10H10N2O5S/c11-5-7-2-1-3-8(4-7)18(16,17)12-9(6-13)10(14)15/h1-4,9,12-13H,6H2,(H,14,15)/t9-/m0/s1. The Morgan fingerprint density at radius 1 is 1.50 bits per heavy atom. The maximum Gasteiger partial charge on any atom is 0.324 e. The average Bonchev–Trinajstić information content (AvgIpc) is 2.35. The first-order valence-electron chi connectivity index (χ1n) is 4.77. The predicted molar refractivity (Wildman–Crippen MR) is 60.0 cm³/mol. The molecule has 1 atom stereocenters. The van der Waals surface area contributed by atoms with Crippen LogP contribution in [0.25, 0.3) is 0 Å². The fourth-order valence-corrected chi connectivity index (χ4v) is 2.38. The molecule has 1 rings (SSSR count). The molecule has 3 N–H and O–H groups in total. The third kappa shape index (κ3) is 3.27. The summed E-state index contributed by atoms with van der Waals surface area (Å²) in [5.41, 5.74) is 0.133. The van der Waals surface area contributed by atoms with Gasteiger partial charge in [-0.15, -0.1) is 0 Å². The van der Waals surface area contributed by atoms with Gasteiger partial charge in [-0.05, 0) is 18.2 Å². The summed E-state index contributed by atoms with van der Waals surface area (Å²) in [5.74, 6) is -1.49. The van der Waals surface area contributed by atoms with Crippen LogP contribution >= 0.6 is 0 Å². The minimum Gasteiger partial charge on any atom is -0.480 e. The van der Waals surface area contributed by atoms with Gasteiger partial charge in [-0.25, -0.2) is 8.42 Å². The highest BCUT2D eigenvalue weighted by Crippen LogP contribution is 2.11. The number of aliphatic carboxylic acids is 1. The van der Waals surface area contributed by atoms with Gasteiger partial charge in [0.05, 0.1) is 23.1 Å². The second-order valence-electron chi connectivity index (χ2n) is 3.33. The number of sulfonamides is 1. The molecule has 0 amide bonds. The Hall–Kier alpha value is -1.95. The lowest BCUT2D eigenvalue weighted by Crippen LogP contribution is -2.43. The molecule has 0 spiro atoms. The number of carbonyl (C=O) groups is 1. The molecule has 0 aliphatic heterocycles. The molecule has 0 aliphatic carbocycles. The van der Waals surface area contributed by atoms with E-state index in [0.717, 1.165) is 6.07 Å². The molecule has 0 heterocycles. The summed E-state index contributed by atoms with van der Waals surface area (Å²) in [6.07, 6.45) is 0. The highest BCUT2D eigenvalue weighted by Gasteiger charge is 2.24. The SMILES string of the molecule is N#Cc1cccc(S(=O)(=O)N[C@@H](CO)C(=O)O)c1. The first-order valence-corrected chi connectivity index (χ1v) is 6.25. The molecule has 0 unspecified atom stereocenters. The van der Waals surface area contributed by atoms with Crippen molar-refractivity contribution in [2.24, 2.45) is 0 Å². The number of nitrogens with one attached hydrogen (secondary N) is 1. The van der Waals surface area contributed by atoms with Gasteiger partial charge in [-0.1, -0.05) is 6.07 Å². The molecule has 0 bridgehead atoms. The van der Waals surface area contributed by atoms with Gasteiger partial charge < -0.3 is 10.2 Å². The molecule has 8 heteroatoms. The van der Waals surface area contributed by atoms with Crippen molar-refractivity contribution in [3.8, 4) is 6.07 Å². The van der Waals surface area contributed by atoms with Crippen molar-refractivity contribution in [3.63, 3.8) is 0 Å². The smallest absolute Gasteiger partial charge is 0.324 e. The number of nitriles is 1. The summed E-state index contributed by atoms with van der Waals surface area (Å²) in [7, 11) is -4.09. The Morgan fingerprint density at radius 2 is 2.17 bits per heavy atom. The molecular formula is C10H10N2O5S. The molecule has 0 saturated heterocycles. The van der Waals surface area contributed by atoms with Crippen LogP contribution in [-0.4, -0.2) is 37.2 Å². The van der Waals surface area contributed by atoms with Gasteiger partial charge in [0.1, 0.15) is 6.04 Å². The van der Waals surface area contributed by atoms with Gasteiger partial charge in [0.2, 0.25) is 10.0 Å². The largest absolute Gasteiger partial charge is 0.480 e. The van der Waals surface area contributed by atoms with Crippen molar-refractivity contribution >= 4 is 16.0 Å². The first-order chi connectivity index (χ1) is 8.40. The van der Waals surface area contributed by atoms with Crippen LogP contribution in [0.2, 0.25) is 0 Å². The van der Waals surface area contributed by atoms with Gasteiger partial charge in [0, 0.05) is 0 Å². The van der Waals surface area contributed by atoms with Crippen molar-refractivity contribution in [3.05, 3.63) is 29.8 Å². The first kappa shape index (κ1) is 14.1. The lowest BCUT2D eigenvalue weighted by Gasteiger charge is -2.12. The van der Waals surface area contributed by atoms with Gasteiger partial charge in [0.25, 0.3) is 0 Å². The Bertz CT molecular complexity index is 591. The summed E-state index contributed by atoms with van der Waals surface area (Å²) in [5, 5.41) is 26.0. The van der Waals surface area contributed by atoms with Crippen molar-refractivity contribution < 1.29 is 23.4 Å². The van der Waals surface area contributed by atoms with Crippen molar-refractivity contribution in [2.75, 3.05) is 6.61 Å². The number of carboxylic acids is 1. The number of benzene rings is 1. The third-order valence-electron chi connectivity index (χ3n) is 2.05. The minimum atomic E-state index is -4.09. The van der Waals surface area contributed by atoms with E-state index in [1.165, 1.54) is 18.2 Å². The van der Waals surface area contributed by atoms with E-state index in [1.807, 2.05) is 4.72 Å². The summed E-state index contributed by atoms with van der Waals surface area (Å²) >= 11 is 0. The van der Waals surface area contributed by atoms with Crippen LogP contribution in [0.5, 0.6) is 0 Å². The Labute approximate surface area is 103 Å². The number of rotatable bonds is 5. The number of aliphatic hydroxyl groups is 1. The third-order valence-corrected chi connectivity index (χ3v) is 3.52. The van der Waals surface area contributed by atoms with Gasteiger partial charge in [-0.3, -0.25) is 4.79 Å². The van der Waals surface area contributed by atoms with Crippen LogP contribution in [0, 0.1) is 11.3 Å². The van der Waals surface area contributed by atoms with Gasteiger partial charge in [0.15, 0.2) is 0 Å². The Balaban J connectivity index is 3.07. The van der Waals surface area contributed by atoms with E-state index < -0.39 is 28.6 Å². The number of nitrogens with zero attached hydrogens (tertiary/aromatic N) is 1. The fourth-order valence-electron chi connectivity index (χ4n) is 1.15.